The van der Waals surface area contributed by atoms with Crippen molar-refractivity contribution in [2.45, 2.75) is 31.5 Å². The van der Waals surface area contributed by atoms with Crippen LogP contribution in [0.25, 0.3) is 16.8 Å². The van der Waals surface area contributed by atoms with Crippen LogP contribution in [0, 0.1) is 0 Å². The van der Waals surface area contributed by atoms with E-state index in [2.05, 4.69) is 10.1 Å². The Morgan fingerprint density at radius 2 is 1.79 bits per heavy atom. The third kappa shape index (κ3) is 3.32. The summed E-state index contributed by atoms with van der Waals surface area (Å²) in [5.41, 5.74) is 1.18. The maximum absolute atomic E-state index is 12.7. The Morgan fingerprint density at radius 3 is 2.48 bits per heavy atom. The van der Waals surface area contributed by atoms with Crippen molar-refractivity contribution in [2.24, 2.45) is 0 Å². The summed E-state index contributed by atoms with van der Waals surface area (Å²) in [6, 6.07) is 8.18. The van der Waals surface area contributed by atoms with Gasteiger partial charge in [-0.05, 0) is 48.2 Å². The number of oxazole rings is 1. The predicted molar refractivity (Wildman–Crippen MR) is 97.5 cm³/mol. The number of benzene rings is 1. The lowest BCUT2D eigenvalue weighted by Crippen LogP contribution is -2.21. The third-order valence-corrected chi connectivity index (χ3v) is 4.93. The van der Waals surface area contributed by atoms with Crippen LogP contribution in [0.2, 0.25) is 0 Å². The molecule has 148 valence electrons. The Morgan fingerprint density at radius 1 is 1.07 bits per heavy atom. The van der Waals surface area contributed by atoms with Gasteiger partial charge in [-0.3, -0.25) is 0 Å². The molecule has 0 N–H and O–H groups in total. The Kier molecular flexibility index (Phi) is 3.87. The minimum Gasteiger partial charge on any atom is -0.448 e. The van der Waals surface area contributed by atoms with Gasteiger partial charge in [0.1, 0.15) is 12.0 Å². The van der Waals surface area contributed by atoms with Crippen molar-refractivity contribution in [1.82, 2.24) is 19.2 Å². The molecule has 3 aromatic heterocycles. The number of fused-ring (bicyclic) bond motifs is 1. The number of aromatic nitrogens is 4. The molecule has 1 saturated carbocycles. The predicted octanol–water partition coefficient (Wildman–Crippen LogP) is 4.10. The topological polar surface area (TPSA) is 65.3 Å². The molecule has 4 aromatic rings. The van der Waals surface area contributed by atoms with E-state index >= 15 is 0 Å². The summed E-state index contributed by atoms with van der Waals surface area (Å²) in [5, 5.41) is 4.30. The molecule has 0 aliphatic heterocycles. The highest BCUT2D eigenvalue weighted by atomic mass is 19.4. The number of alkyl halides is 3. The van der Waals surface area contributed by atoms with E-state index in [4.69, 9.17) is 4.42 Å². The van der Waals surface area contributed by atoms with Gasteiger partial charge in [0.25, 0.3) is 0 Å². The second kappa shape index (κ2) is 6.33. The quantitative estimate of drug-likeness (QED) is 0.518. The Bertz CT molecular complexity index is 1250. The number of nitrogens with zero attached hydrogens (tertiary/aromatic N) is 4. The lowest BCUT2D eigenvalue weighted by molar-refractivity contribution is -0.137. The first-order valence-corrected chi connectivity index (χ1v) is 9.10. The molecule has 3 heterocycles. The zero-order valence-corrected chi connectivity index (χ0v) is 15.1. The van der Waals surface area contributed by atoms with E-state index in [9.17, 15) is 18.0 Å². The van der Waals surface area contributed by atoms with Crippen LogP contribution in [0.15, 0.2) is 58.1 Å². The van der Waals surface area contributed by atoms with Gasteiger partial charge in [0.05, 0.1) is 12.1 Å². The molecule has 1 aliphatic carbocycles. The van der Waals surface area contributed by atoms with Crippen molar-refractivity contribution in [3.05, 3.63) is 76.5 Å². The molecule has 0 spiro atoms. The van der Waals surface area contributed by atoms with Crippen molar-refractivity contribution < 1.29 is 17.6 Å². The van der Waals surface area contributed by atoms with Gasteiger partial charge < -0.3 is 4.42 Å². The lowest BCUT2D eigenvalue weighted by atomic mass is 10.1. The van der Waals surface area contributed by atoms with Crippen molar-refractivity contribution in [2.75, 3.05) is 0 Å². The fourth-order valence-corrected chi connectivity index (χ4v) is 3.21. The molecule has 1 aromatic carbocycles. The van der Waals surface area contributed by atoms with Crippen molar-refractivity contribution in [1.29, 1.82) is 0 Å². The Hall–Kier alpha value is -3.36. The molecular formula is C20H15F3N4O2. The van der Waals surface area contributed by atoms with Crippen LogP contribution in [-0.4, -0.2) is 19.2 Å². The summed E-state index contributed by atoms with van der Waals surface area (Å²) >= 11 is 0. The largest absolute Gasteiger partial charge is 0.448 e. The zero-order valence-electron chi connectivity index (χ0n) is 15.1. The summed E-state index contributed by atoms with van der Waals surface area (Å²) in [7, 11) is 0. The summed E-state index contributed by atoms with van der Waals surface area (Å²) in [5.74, 6) is 1.08. The smallest absolute Gasteiger partial charge is 0.416 e. The molecule has 1 aliphatic rings. The van der Waals surface area contributed by atoms with E-state index in [1.54, 1.807) is 18.3 Å². The molecular weight excluding hydrogens is 385 g/mol. The molecule has 6 nitrogen and oxygen atoms in total. The van der Waals surface area contributed by atoms with E-state index in [-0.39, 0.29) is 12.2 Å². The highest BCUT2D eigenvalue weighted by molar-refractivity contribution is 5.64. The van der Waals surface area contributed by atoms with Crippen LogP contribution in [0.1, 0.15) is 35.9 Å². The van der Waals surface area contributed by atoms with Gasteiger partial charge >= 0.3 is 11.9 Å². The average Bonchev–Trinajstić information content (AvgIpc) is 3.38. The van der Waals surface area contributed by atoms with Crippen LogP contribution >= 0.6 is 0 Å². The normalized spacial score (nSPS) is 14.6. The average molecular weight is 400 g/mol. The molecule has 5 rings (SSSR count). The molecule has 1 fully saturated rings. The van der Waals surface area contributed by atoms with Crippen LogP contribution in [0.4, 0.5) is 13.2 Å². The first-order valence-electron chi connectivity index (χ1n) is 9.10. The maximum Gasteiger partial charge on any atom is 0.416 e. The number of hydrogen-bond acceptors (Lipinski definition) is 4. The second-order valence-electron chi connectivity index (χ2n) is 7.11. The minimum atomic E-state index is -4.39. The van der Waals surface area contributed by atoms with Gasteiger partial charge in [0.15, 0.2) is 11.5 Å². The van der Waals surface area contributed by atoms with Gasteiger partial charge in [0, 0.05) is 12.1 Å². The van der Waals surface area contributed by atoms with Crippen molar-refractivity contribution >= 4 is 5.65 Å². The van der Waals surface area contributed by atoms with Gasteiger partial charge in [-0.2, -0.15) is 13.2 Å². The summed E-state index contributed by atoms with van der Waals surface area (Å²) in [6.07, 6.45) is 0.864. The van der Waals surface area contributed by atoms with Crippen molar-refractivity contribution in [3.63, 3.8) is 0 Å². The van der Waals surface area contributed by atoms with Crippen molar-refractivity contribution in [3.8, 4) is 11.1 Å². The molecule has 0 atom stereocenters. The Balaban J connectivity index is 1.45. The van der Waals surface area contributed by atoms with Gasteiger partial charge in [-0.1, -0.05) is 12.1 Å². The monoisotopic (exact) mass is 400 g/mol. The van der Waals surface area contributed by atoms with E-state index in [1.807, 2.05) is 0 Å². The van der Waals surface area contributed by atoms with E-state index in [0.717, 1.165) is 25.0 Å². The fourth-order valence-electron chi connectivity index (χ4n) is 3.21. The standard InChI is InChI=1S/C20H15F3N4O2/c21-20(22,23)15-6-3-12(4-7-15)14-5-8-17-25-27(19(28)26(17)9-14)10-16-11-29-18(24-16)13-1-2-13/h3-9,11,13H,1-2,10H2. The molecule has 0 radical (unpaired) electrons. The van der Waals surface area contributed by atoms with Crippen LogP contribution in [0.5, 0.6) is 0 Å². The molecule has 9 heteroatoms. The van der Waals surface area contributed by atoms with Gasteiger partial charge in [-0.25, -0.2) is 18.9 Å². The van der Waals surface area contributed by atoms with E-state index in [1.165, 1.54) is 27.5 Å². The van der Waals surface area contributed by atoms with Crippen LogP contribution < -0.4 is 5.69 Å². The second-order valence-corrected chi connectivity index (χ2v) is 7.11. The lowest BCUT2D eigenvalue weighted by Gasteiger charge is -2.07. The Labute approximate surface area is 162 Å². The maximum atomic E-state index is 12.7. The first kappa shape index (κ1) is 17.7. The minimum absolute atomic E-state index is 0.187. The van der Waals surface area contributed by atoms with Gasteiger partial charge in [-0.15, -0.1) is 5.10 Å². The van der Waals surface area contributed by atoms with Crippen LogP contribution in [-0.2, 0) is 12.7 Å². The number of hydrogen-bond donors (Lipinski definition) is 0. The molecule has 0 amide bonds. The molecule has 0 saturated heterocycles. The number of pyridine rings is 1. The summed E-state index contributed by atoms with van der Waals surface area (Å²) < 4.78 is 46.3. The fraction of sp³-hybridized carbons (Fsp3) is 0.250. The summed E-state index contributed by atoms with van der Waals surface area (Å²) in [6.45, 7) is 0.187. The first-order chi connectivity index (χ1) is 13.9. The third-order valence-electron chi connectivity index (χ3n) is 4.93. The molecule has 0 bridgehead atoms. The SMILES string of the molecule is O=c1n(Cc2coc(C3CC3)n2)nc2ccc(-c3ccc(C(F)(F)F)cc3)cn12. The van der Waals surface area contributed by atoms with E-state index in [0.29, 0.717) is 34.3 Å². The number of halogens is 3. The molecule has 29 heavy (non-hydrogen) atoms. The van der Waals surface area contributed by atoms with Gasteiger partial charge in [0.2, 0.25) is 0 Å². The highest BCUT2D eigenvalue weighted by Crippen LogP contribution is 2.39. The zero-order chi connectivity index (χ0) is 20.2. The van der Waals surface area contributed by atoms with Crippen LogP contribution in [0.3, 0.4) is 0 Å². The van der Waals surface area contributed by atoms with E-state index < -0.39 is 11.7 Å². The number of rotatable bonds is 4. The molecule has 0 unspecified atom stereocenters. The summed E-state index contributed by atoms with van der Waals surface area (Å²) in [4.78, 5) is 17.1. The highest BCUT2D eigenvalue weighted by Gasteiger charge is 2.30.